The fourth-order valence-corrected chi connectivity index (χ4v) is 3.85. The second-order valence-electron chi connectivity index (χ2n) is 7.17. The normalized spacial score (nSPS) is 16.7. The van der Waals surface area contributed by atoms with E-state index in [2.05, 4.69) is 27.3 Å². The van der Waals surface area contributed by atoms with Crippen molar-refractivity contribution in [2.45, 2.75) is 18.8 Å². The lowest BCUT2D eigenvalue weighted by atomic mass is 10.1. The first kappa shape index (κ1) is 16.7. The molecule has 0 saturated carbocycles. The Morgan fingerprint density at radius 3 is 2.82 bits per heavy atom. The van der Waals surface area contributed by atoms with Gasteiger partial charge in [0.2, 0.25) is 11.8 Å². The summed E-state index contributed by atoms with van der Waals surface area (Å²) in [6, 6.07) is 17.6. The molecular formula is C22H20N4O2. The third-order valence-electron chi connectivity index (χ3n) is 5.34. The van der Waals surface area contributed by atoms with Gasteiger partial charge < -0.3 is 14.3 Å². The van der Waals surface area contributed by atoms with Gasteiger partial charge in [0.1, 0.15) is 0 Å². The van der Waals surface area contributed by atoms with Gasteiger partial charge in [0.05, 0.1) is 12.3 Å². The smallest absolute Gasteiger partial charge is 0.253 e. The number of amides is 1. The Morgan fingerprint density at radius 2 is 1.93 bits per heavy atom. The SMILES string of the molecule is O=C(c1ccccc1)N1CCC(c2nnc(Cc3c[nH]c4ccccc34)o2)C1. The van der Waals surface area contributed by atoms with E-state index in [1.807, 2.05) is 53.6 Å². The molecule has 0 aliphatic carbocycles. The molecule has 6 nitrogen and oxygen atoms in total. The molecule has 4 aromatic rings. The Morgan fingerprint density at radius 1 is 1.11 bits per heavy atom. The molecule has 1 amide bonds. The van der Waals surface area contributed by atoms with Crippen molar-refractivity contribution < 1.29 is 9.21 Å². The molecule has 1 saturated heterocycles. The van der Waals surface area contributed by atoms with Gasteiger partial charge >= 0.3 is 0 Å². The molecule has 0 spiro atoms. The van der Waals surface area contributed by atoms with Gasteiger partial charge in [-0.2, -0.15) is 0 Å². The van der Waals surface area contributed by atoms with Crippen molar-refractivity contribution in [3.05, 3.63) is 83.7 Å². The van der Waals surface area contributed by atoms with Gasteiger partial charge in [0.15, 0.2) is 0 Å². The van der Waals surface area contributed by atoms with Crippen LogP contribution in [0.15, 0.2) is 65.2 Å². The highest BCUT2D eigenvalue weighted by atomic mass is 16.4. The Hall–Kier alpha value is -3.41. The number of hydrogen-bond donors (Lipinski definition) is 1. The molecule has 0 bridgehead atoms. The lowest BCUT2D eigenvalue weighted by Crippen LogP contribution is -2.28. The maximum Gasteiger partial charge on any atom is 0.253 e. The van der Waals surface area contributed by atoms with Gasteiger partial charge in [-0.1, -0.05) is 36.4 Å². The molecule has 3 heterocycles. The van der Waals surface area contributed by atoms with Crippen LogP contribution in [0.3, 0.4) is 0 Å². The molecule has 1 fully saturated rings. The standard InChI is InChI=1S/C22H20N4O2/c27-22(15-6-2-1-3-7-15)26-11-10-16(14-26)21-25-24-20(28-21)12-17-13-23-19-9-5-4-8-18(17)19/h1-9,13,16,23H,10-12,14H2. The van der Waals surface area contributed by atoms with Gasteiger partial charge in [-0.3, -0.25) is 4.79 Å². The highest BCUT2D eigenvalue weighted by molar-refractivity contribution is 5.94. The van der Waals surface area contributed by atoms with Gasteiger partial charge in [-0.05, 0) is 30.2 Å². The highest BCUT2D eigenvalue weighted by Gasteiger charge is 2.31. The second-order valence-corrected chi connectivity index (χ2v) is 7.17. The van der Waals surface area contributed by atoms with E-state index in [0.29, 0.717) is 36.9 Å². The van der Waals surface area contributed by atoms with Crippen LogP contribution in [0.4, 0.5) is 0 Å². The number of fused-ring (bicyclic) bond motifs is 1. The van der Waals surface area contributed by atoms with Gasteiger partial charge in [0.25, 0.3) is 5.91 Å². The number of rotatable bonds is 4. The van der Waals surface area contributed by atoms with Crippen molar-refractivity contribution in [3.8, 4) is 0 Å². The zero-order valence-electron chi connectivity index (χ0n) is 15.3. The number of likely N-dealkylation sites (tertiary alicyclic amines) is 1. The summed E-state index contributed by atoms with van der Waals surface area (Å²) in [6.45, 7) is 1.32. The highest BCUT2D eigenvalue weighted by Crippen LogP contribution is 2.28. The first-order valence-corrected chi connectivity index (χ1v) is 9.49. The number of hydrogen-bond acceptors (Lipinski definition) is 4. The lowest BCUT2D eigenvalue weighted by Gasteiger charge is -2.15. The van der Waals surface area contributed by atoms with Crippen LogP contribution in [-0.4, -0.2) is 39.1 Å². The third-order valence-corrected chi connectivity index (χ3v) is 5.34. The van der Waals surface area contributed by atoms with E-state index in [1.54, 1.807) is 0 Å². The van der Waals surface area contributed by atoms with Crippen LogP contribution < -0.4 is 0 Å². The lowest BCUT2D eigenvalue weighted by molar-refractivity contribution is 0.0790. The third kappa shape index (κ3) is 3.07. The van der Waals surface area contributed by atoms with Crippen molar-refractivity contribution in [3.63, 3.8) is 0 Å². The van der Waals surface area contributed by atoms with Gasteiger partial charge in [-0.25, -0.2) is 0 Å². The molecule has 28 heavy (non-hydrogen) atoms. The maximum atomic E-state index is 12.6. The maximum absolute atomic E-state index is 12.6. The number of aromatic amines is 1. The van der Waals surface area contributed by atoms with Crippen molar-refractivity contribution in [2.24, 2.45) is 0 Å². The second kappa shape index (κ2) is 6.96. The average Bonchev–Trinajstić information content (AvgIpc) is 3.48. The molecule has 6 heteroatoms. The summed E-state index contributed by atoms with van der Waals surface area (Å²) in [6.07, 6.45) is 3.42. The minimum absolute atomic E-state index is 0.0571. The Balaban J connectivity index is 1.28. The Kier molecular flexibility index (Phi) is 4.16. The van der Waals surface area contributed by atoms with Crippen LogP contribution in [0.2, 0.25) is 0 Å². The average molecular weight is 372 g/mol. The Bertz CT molecular complexity index is 1120. The van der Waals surface area contributed by atoms with E-state index < -0.39 is 0 Å². The number of para-hydroxylation sites is 1. The van der Waals surface area contributed by atoms with E-state index in [1.165, 1.54) is 5.39 Å². The fraction of sp³-hybridized carbons (Fsp3) is 0.227. The summed E-state index contributed by atoms with van der Waals surface area (Å²) >= 11 is 0. The largest absolute Gasteiger partial charge is 0.425 e. The van der Waals surface area contributed by atoms with Crippen LogP contribution in [0, 0.1) is 0 Å². The molecule has 1 aliphatic rings. The summed E-state index contributed by atoms with van der Waals surface area (Å²) in [5, 5.41) is 9.67. The molecule has 1 unspecified atom stereocenters. The Labute approximate surface area is 162 Å². The number of H-pyrrole nitrogens is 1. The van der Waals surface area contributed by atoms with E-state index in [4.69, 9.17) is 4.42 Å². The summed E-state index contributed by atoms with van der Waals surface area (Å²) in [5.41, 5.74) is 2.95. The van der Waals surface area contributed by atoms with Crippen LogP contribution in [0.1, 0.15) is 40.0 Å². The number of carbonyl (C=O) groups excluding carboxylic acids is 1. The van der Waals surface area contributed by atoms with E-state index >= 15 is 0 Å². The summed E-state index contributed by atoms with van der Waals surface area (Å²) < 4.78 is 5.95. The predicted molar refractivity (Wildman–Crippen MR) is 105 cm³/mol. The van der Waals surface area contributed by atoms with Crippen molar-refractivity contribution >= 4 is 16.8 Å². The molecule has 1 aliphatic heterocycles. The number of nitrogens with one attached hydrogen (secondary N) is 1. The summed E-state index contributed by atoms with van der Waals surface area (Å²) in [7, 11) is 0. The molecular weight excluding hydrogens is 352 g/mol. The van der Waals surface area contributed by atoms with Gasteiger partial charge in [0, 0.05) is 35.8 Å². The van der Waals surface area contributed by atoms with Crippen molar-refractivity contribution in [1.29, 1.82) is 0 Å². The molecule has 1 atom stereocenters. The van der Waals surface area contributed by atoms with Crippen molar-refractivity contribution in [2.75, 3.05) is 13.1 Å². The minimum Gasteiger partial charge on any atom is -0.425 e. The van der Waals surface area contributed by atoms with Crippen LogP contribution in [0.25, 0.3) is 10.9 Å². The molecule has 2 aromatic heterocycles. The minimum atomic E-state index is 0.0571. The first-order chi connectivity index (χ1) is 13.8. The topological polar surface area (TPSA) is 75.0 Å². The van der Waals surface area contributed by atoms with Gasteiger partial charge in [-0.15, -0.1) is 10.2 Å². The predicted octanol–water partition coefficient (Wildman–Crippen LogP) is 3.77. The number of carbonyl (C=O) groups is 1. The first-order valence-electron chi connectivity index (χ1n) is 9.49. The van der Waals surface area contributed by atoms with E-state index in [0.717, 1.165) is 17.5 Å². The number of nitrogens with zero attached hydrogens (tertiary/aromatic N) is 3. The van der Waals surface area contributed by atoms with E-state index in [-0.39, 0.29) is 11.8 Å². The zero-order valence-corrected chi connectivity index (χ0v) is 15.3. The molecule has 5 rings (SSSR count). The summed E-state index contributed by atoms with van der Waals surface area (Å²) in [5.74, 6) is 1.38. The monoisotopic (exact) mass is 372 g/mol. The van der Waals surface area contributed by atoms with Crippen molar-refractivity contribution in [1.82, 2.24) is 20.1 Å². The van der Waals surface area contributed by atoms with Crippen LogP contribution in [-0.2, 0) is 6.42 Å². The van der Waals surface area contributed by atoms with Crippen LogP contribution >= 0.6 is 0 Å². The molecule has 140 valence electrons. The molecule has 0 radical (unpaired) electrons. The quantitative estimate of drug-likeness (QED) is 0.592. The summed E-state index contributed by atoms with van der Waals surface area (Å²) in [4.78, 5) is 17.8. The van der Waals surface area contributed by atoms with Crippen LogP contribution in [0.5, 0.6) is 0 Å². The number of aromatic nitrogens is 3. The fourth-order valence-electron chi connectivity index (χ4n) is 3.85. The molecule has 2 aromatic carbocycles. The van der Waals surface area contributed by atoms with E-state index in [9.17, 15) is 4.79 Å². The zero-order chi connectivity index (χ0) is 18.9. The number of benzene rings is 2. The molecule has 1 N–H and O–H groups in total.